The molecule has 0 unspecified atom stereocenters. The number of benzene rings is 1. The maximum atomic E-state index is 13.5. The van der Waals surface area contributed by atoms with Gasteiger partial charge in [0.2, 0.25) is 0 Å². The van der Waals surface area contributed by atoms with E-state index in [1.165, 1.54) is 18.2 Å². The summed E-state index contributed by atoms with van der Waals surface area (Å²) >= 11 is 1.55. The summed E-state index contributed by atoms with van der Waals surface area (Å²) in [5.41, 5.74) is 0.683. The fourth-order valence-electron chi connectivity index (χ4n) is 2.13. The monoisotopic (exact) mass is 358 g/mol. The van der Waals surface area contributed by atoms with Crippen molar-refractivity contribution in [1.29, 1.82) is 0 Å². The molecule has 2 heterocycles. The summed E-state index contributed by atoms with van der Waals surface area (Å²) < 4.78 is 19.1. The van der Waals surface area contributed by atoms with Crippen LogP contribution in [0.25, 0.3) is 10.6 Å². The Morgan fingerprint density at radius 3 is 2.72 bits per heavy atom. The molecule has 7 heteroatoms. The summed E-state index contributed by atoms with van der Waals surface area (Å²) in [5.74, 6) is -0.900. The Balaban J connectivity index is 1.55. The predicted octanol–water partition coefficient (Wildman–Crippen LogP) is 3.71. The molecule has 0 fully saturated rings. The van der Waals surface area contributed by atoms with Gasteiger partial charge in [0.05, 0.1) is 11.4 Å². The molecule has 0 radical (unpaired) electrons. The van der Waals surface area contributed by atoms with Crippen LogP contribution in [0.1, 0.15) is 11.3 Å². The number of halogens is 1. The van der Waals surface area contributed by atoms with Crippen molar-refractivity contribution in [3.8, 4) is 10.6 Å². The highest BCUT2D eigenvalue weighted by molar-refractivity contribution is 7.13. The summed E-state index contributed by atoms with van der Waals surface area (Å²) in [7, 11) is 0. The van der Waals surface area contributed by atoms with Crippen molar-refractivity contribution in [2.24, 2.45) is 0 Å². The zero-order valence-corrected chi connectivity index (χ0v) is 14.2. The van der Waals surface area contributed by atoms with Gasteiger partial charge in [0.25, 0.3) is 0 Å². The molecule has 0 spiro atoms. The summed E-state index contributed by atoms with van der Waals surface area (Å²) in [6.07, 6.45) is 0. The third-order valence-electron chi connectivity index (χ3n) is 3.48. The number of hydrogen-bond acceptors (Lipinski definition) is 4. The zero-order valence-electron chi connectivity index (χ0n) is 13.3. The van der Waals surface area contributed by atoms with E-state index in [-0.39, 0.29) is 12.2 Å². The fourth-order valence-corrected chi connectivity index (χ4v) is 2.82. The van der Waals surface area contributed by atoms with Crippen molar-refractivity contribution in [2.45, 2.75) is 13.5 Å². The van der Waals surface area contributed by atoms with Gasteiger partial charge in [0.1, 0.15) is 17.3 Å². The number of nitrogens with one attached hydrogen (secondary N) is 2. The molecule has 2 N–H and O–H groups in total. The smallest absolute Gasteiger partial charge is 0.313 e. The van der Waals surface area contributed by atoms with Gasteiger partial charge in [-0.2, -0.15) is 0 Å². The summed E-state index contributed by atoms with van der Waals surface area (Å²) in [6.45, 7) is 1.70. The van der Waals surface area contributed by atoms with Crippen LogP contribution in [0.5, 0.6) is 0 Å². The topological polar surface area (TPSA) is 71.3 Å². The quantitative estimate of drug-likeness (QED) is 0.699. The maximum absolute atomic E-state index is 13.5. The normalized spacial score (nSPS) is 10.5. The first-order chi connectivity index (χ1) is 12.0. The number of anilines is 1. The van der Waals surface area contributed by atoms with Crippen LogP contribution in [0.2, 0.25) is 0 Å². The van der Waals surface area contributed by atoms with E-state index >= 15 is 0 Å². The number of hydrogen-bond donors (Lipinski definition) is 2. The van der Waals surface area contributed by atoms with Crippen LogP contribution in [0.3, 0.4) is 0 Å². The van der Waals surface area contributed by atoms with Crippen molar-refractivity contribution in [3.63, 3.8) is 0 Å². The number of furan rings is 1. The maximum Gasteiger partial charge on any atom is 0.313 e. The highest BCUT2D eigenvalue weighted by atomic mass is 32.1. The standard InChI is InChI=1S/C18H15FN2O3S/c1-11-4-5-12(9-14(11)19)21-18(23)17(22)20-10-13-6-7-15(24-13)16-3-2-8-25-16/h2-9H,10H2,1H3,(H,20,22)(H,21,23). The number of aryl methyl sites for hydroxylation is 1. The predicted molar refractivity (Wildman–Crippen MR) is 93.6 cm³/mol. The van der Waals surface area contributed by atoms with Crippen LogP contribution in [-0.2, 0) is 16.1 Å². The molecule has 0 aliphatic heterocycles. The lowest BCUT2D eigenvalue weighted by molar-refractivity contribution is -0.136. The van der Waals surface area contributed by atoms with E-state index in [2.05, 4.69) is 10.6 Å². The Morgan fingerprint density at radius 2 is 2.00 bits per heavy atom. The first-order valence-electron chi connectivity index (χ1n) is 7.51. The van der Waals surface area contributed by atoms with Gasteiger partial charge < -0.3 is 15.1 Å². The highest BCUT2D eigenvalue weighted by Crippen LogP contribution is 2.26. The van der Waals surface area contributed by atoms with E-state index < -0.39 is 17.6 Å². The van der Waals surface area contributed by atoms with Gasteiger partial charge in [-0.25, -0.2) is 4.39 Å². The van der Waals surface area contributed by atoms with Gasteiger partial charge in [-0.05, 0) is 48.2 Å². The second-order valence-corrected chi connectivity index (χ2v) is 6.29. The molecule has 5 nitrogen and oxygen atoms in total. The second kappa shape index (κ2) is 7.31. The van der Waals surface area contributed by atoms with E-state index in [9.17, 15) is 14.0 Å². The van der Waals surface area contributed by atoms with E-state index in [1.807, 2.05) is 23.6 Å². The van der Waals surface area contributed by atoms with E-state index in [4.69, 9.17) is 4.42 Å². The molecule has 0 aliphatic carbocycles. The van der Waals surface area contributed by atoms with Crippen LogP contribution in [0.15, 0.2) is 52.3 Å². The Bertz CT molecular complexity index is 903. The van der Waals surface area contributed by atoms with Crippen molar-refractivity contribution in [1.82, 2.24) is 5.32 Å². The fraction of sp³-hybridized carbons (Fsp3) is 0.111. The van der Waals surface area contributed by atoms with Gasteiger partial charge in [-0.3, -0.25) is 9.59 Å². The first kappa shape index (κ1) is 16.9. The van der Waals surface area contributed by atoms with Gasteiger partial charge in [-0.15, -0.1) is 11.3 Å². The van der Waals surface area contributed by atoms with Crippen molar-refractivity contribution in [2.75, 3.05) is 5.32 Å². The SMILES string of the molecule is Cc1ccc(NC(=O)C(=O)NCc2ccc(-c3cccs3)o2)cc1F. The van der Waals surface area contributed by atoms with Gasteiger partial charge >= 0.3 is 11.8 Å². The Labute approximate surface area is 147 Å². The lowest BCUT2D eigenvalue weighted by Gasteiger charge is -2.06. The van der Waals surface area contributed by atoms with Crippen LogP contribution >= 0.6 is 11.3 Å². The third-order valence-corrected chi connectivity index (χ3v) is 4.37. The molecular weight excluding hydrogens is 343 g/mol. The lowest BCUT2D eigenvalue weighted by Crippen LogP contribution is -2.34. The largest absolute Gasteiger partial charge is 0.458 e. The number of carbonyl (C=O) groups excluding carboxylic acids is 2. The summed E-state index contributed by atoms with van der Waals surface area (Å²) in [6, 6.07) is 11.6. The summed E-state index contributed by atoms with van der Waals surface area (Å²) in [4.78, 5) is 24.7. The minimum absolute atomic E-state index is 0.0832. The third kappa shape index (κ3) is 4.13. The van der Waals surface area contributed by atoms with Crippen LogP contribution < -0.4 is 10.6 Å². The van der Waals surface area contributed by atoms with Crippen LogP contribution in [0.4, 0.5) is 10.1 Å². The van der Waals surface area contributed by atoms with Gasteiger partial charge in [0, 0.05) is 5.69 Å². The molecule has 3 aromatic rings. The summed E-state index contributed by atoms with van der Waals surface area (Å²) in [5, 5.41) is 6.76. The second-order valence-electron chi connectivity index (χ2n) is 5.34. The van der Waals surface area contributed by atoms with Crippen LogP contribution in [-0.4, -0.2) is 11.8 Å². The molecule has 0 aliphatic rings. The number of amides is 2. The van der Waals surface area contributed by atoms with E-state index in [1.54, 1.807) is 24.3 Å². The minimum atomic E-state index is -0.867. The lowest BCUT2D eigenvalue weighted by atomic mass is 10.2. The van der Waals surface area contributed by atoms with E-state index in [0.717, 1.165) is 4.88 Å². The molecule has 1 aromatic carbocycles. The Kier molecular flexibility index (Phi) is 4.95. The van der Waals surface area contributed by atoms with Crippen molar-refractivity contribution >= 4 is 28.8 Å². The zero-order chi connectivity index (χ0) is 17.8. The average molecular weight is 358 g/mol. The molecule has 0 saturated carbocycles. The van der Waals surface area contributed by atoms with Gasteiger partial charge in [-0.1, -0.05) is 12.1 Å². The van der Waals surface area contributed by atoms with Gasteiger partial charge in [0.15, 0.2) is 0 Å². The molecule has 0 atom stereocenters. The molecular formula is C18H15FN2O3S. The minimum Gasteiger partial charge on any atom is -0.458 e. The molecule has 0 bridgehead atoms. The van der Waals surface area contributed by atoms with E-state index in [0.29, 0.717) is 17.1 Å². The molecule has 2 aromatic heterocycles. The number of carbonyl (C=O) groups is 2. The Morgan fingerprint density at radius 1 is 1.16 bits per heavy atom. The average Bonchev–Trinajstić information content (AvgIpc) is 3.26. The molecule has 2 amide bonds. The molecule has 3 rings (SSSR count). The highest BCUT2D eigenvalue weighted by Gasteiger charge is 2.15. The molecule has 128 valence electrons. The number of rotatable bonds is 4. The first-order valence-corrected chi connectivity index (χ1v) is 8.39. The molecule has 25 heavy (non-hydrogen) atoms. The molecule has 0 saturated heterocycles. The number of thiophene rings is 1. The van der Waals surface area contributed by atoms with Crippen molar-refractivity contribution < 1.29 is 18.4 Å². The Hall–Kier alpha value is -2.93. The van der Waals surface area contributed by atoms with Crippen LogP contribution in [0, 0.1) is 12.7 Å². The van der Waals surface area contributed by atoms with Crippen molar-refractivity contribution in [3.05, 3.63) is 65.0 Å².